The van der Waals surface area contributed by atoms with Crippen LogP contribution in [0.25, 0.3) is 0 Å². The first-order chi connectivity index (χ1) is 10.5. The molecule has 0 spiro atoms. The fraction of sp³-hybridized carbons (Fsp3) is 0.647. The van der Waals surface area contributed by atoms with Gasteiger partial charge in [0, 0.05) is 18.6 Å². The summed E-state index contributed by atoms with van der Waals surface area (Å²) in [5.74, 6) is 0.590. The molecule has 22 heavy (non-hydrogen) atoms. The molecule has 1 aliphatic rings. The summed E-state index contributed by atoms with van der Waals surface area (Å²) in [6.07, 6.45) is 2.46. The second-order valence-electron chi connectivity index (χ2n) is 6.09. The fourth-order valence-electron chi connectivity index (χ4n) is 3.26. The van der Waals surface area contributed by atoms with Gasteiger partial charge in [0.2, 0.25) is 0 Å². The van der Waals surface area contributed by atoms with Gasteiger partial charge in [-0.1, -0.05) is 0 Å². The molecule has 0 N–H and O–H groups in total. The third kappa shape index (κ3) is 3.36. The molecule has 124 valence electrons. The molecule has 0 bridgehead atoms. The van der Waals surface area contributed by atoms with Crippen molar-refractivity contribution in [2.75, 3.05) is 41.4 Å². The van der Waals surface area contributed by atoms with E-state index in [2.05, 4.69) is 30.8 Å². The Morgan fingerprint density at radius 3 is 2.64 bits per heavy atom. The van der Waals surface area contributed by atoms with Gasteiger partial charge in [0.25, 0.3) is 0 Å². The lowest BCUT2D eigenvalue weighted by molar-refractivity contribution is 0.180. The van der Waals surface area contributed by atoms with E-state index in [9.17, 15) is 4.39 Å². The first-order valence-corrected chi connectivity index (χ1v) is 7.80. The fourth-order valence-corrected chi connectivity index (χ4v) is 3.26. The minimum absolute atomic E-state index is 0.00889. The van der Waals surface area contributed by atoms with Gasteiger partial charge in [0.1, 0.15) is 5.75 Å². The van der Waals surface area contributed by atoms with Crippen molar-refractivity contribution in [3.63, 3.8) is 0 Å². The van der Waals surface area contributed by atoms with E-state index in [0.717, 1.165) is 18.7 Å². The van der Waals surface area contributed by atoms with Gasteiger partial charge in [0.05, 0.1) is 19.8 Å². The Morgan fingerprint density at radius 1 is 1.36 bits per heavy atom. The molecule has 0 radical (unpaired) electrons. The number of halogens is 1. The van der Waals surface area contributed by atoms with E-state index >= 15 is 0 Å². The summed E-state index contributed by atoms with van der Waals surface area (Å²) < 4.78 is 24.8. The van der Waals surface area contributed by atoms with Crippen LogP contribution in [0.2, 0.25) is 0 Å². The van der Waals surface area contributed by atoms with E-state index in [4.69, 9.17) is 9.47 Å². The number of methoxy groups -OCH3 is 2. The van der Waals surface area contributed by atoms with Crippen LogP contribution >= 0.6 is 0 Å². The van der Waals surface area contributed by atoms with E-state index in [1.165, 1.54) is 26.0 Å². The van der Waals surface area contributed by atoms with Crippen LogP contribution < -0.4 is 9.47 Å². The predicted molar refractivity (Wildman–Crippen MR) is 86.2 cm³/mol. The van der Waals surface area contributed by atoms with Crippen LogP contribution in [0, 0.1) is 5.82 Å². The Kier molecular flexibility index (Phi) is 5.64. The third-order valence-electron chi connectivity index (χ3n) is 4.78. The lowest BCUT2D eigenvalue weighted by Gasteiger charge is -2.31. The van der Waals surface area contributed by atoms with E-state index in [1.807, 2.05) is 0 Å². The lowest BCUT2D eigenvalue weighted by Crippen LogP contribution is -2.37. The molecule has 1 saturated heterocycles. The van der Waals surface area contributed by atoms with Crippen LogP contribution in [0.4, 0.5) is 4.39 Å². The zero-order valence-electron chi connectivity index (χ0n) is 14.2. The highest BCUT2D eigenvalue weighted by molar-refractivity contribution is 5.47. The van der Waals surface area contributed by atoms with Crippen LogP contribution in [0.3, 0.4) is 0 Å². The van der Waals surface area contributed by atoms with Crippen LogP contribution in [-0.4, -0.2) is 57.2 Å². The van der Waals surface area contributed by atoms with E-state index < -0.39 is 0 Å². The van der Waals surface area contributed by atoms with Gasteiger partial charge in [-0.2, -0.15) is 0 Å². The molecule has 1 aliphatic heterocycles. The third-order valence-corrected chi connectivity index (χ3v) is 4.78. The number of nitrogens with zero attached hydrogens (tertiary/aromatic N) is 2. The second-order valence-corrected chi connectivity index (χ2v) is 6.09. The minimum atomic E-state index is -0.350. The highest BCUT2D eigenvalue weighted by Crippen LogP contribution is 2.38. The zero-order chi connectivity index (χ0) is 16.3. The number of benzene rings is 1. The molecule has 1 aromatic rings. The maximum atomic E-state index is 14.1. The Bertz CT molecular complexity index is 510. The van der Waals surface area contributed by atoms with Crippen molar-refractivity contribution < 1.29 is 13.9 Å². The van der Waals surface area contributed by atoms with Crippen molar-refractivity contribution in [3.05, 3.63) is 23.5 Å². The van der Waals surface area contributed by atoms with Crippen LogP contribution in [0.1, 0.15) is 31.4 Å². The average molecular weight is 310 g/mol. The SMILES string of the molecule is COc1ccc(F)c(OC)c1C(C)N(C)CC1CCCN1C. The molecule has 2 rings (SSSR count). The molecule has 0 aliphatic carbocycles. The number of hydrogen-bond donors (Lipinski definition) is 0. The van der Waals surface area contributed by atoms with E-state index in [1.54, 1.807) is 13.2 Å². The largest absolute Gasteiger partial charge is 0.496 e. The van der Waals surface area contributed by atoms with Gasteiger partial charge in [-0.15, -0.1) is 0 Å². The van der Waals surface area contributed by atoms with E-state index in [-0.39, 0.29) is 17.6 Å². The lowest BCUT2D eigenvalue weighted by atomic mass is 10.0. The molecule has 2 atom stereocenters. The quantitative estimate of drug-likeness (QED) is 0.806. The number of likely N-dealkylation sites (tertiary alicyclic amines) is 1. The van der Waals surface area contributed by atoms with Crippen molar-refractivity contribution in [1.29, 1.82) is 0 Å². The smallest absolute Gasteiger partial charge is 0.165 e. The maximum absolute atomic E-state index is 14.1. The second kappa shape index (κ2) is 7.29. The molecule has 0 saturated carbocycles. The maximum Gasteiger partial charge on any atom is 0.165 e. The Morgan fingerprint density at radius 2 is 2.09 bits per heavy atom. The van der Waals surface area contributed by atoms with Gasteiger partial charge in [0.15, 0.2) is 11.6 Å². The van der Waals surface area contributed by atoms with Gasteiger partial charge < -0.3 is 14.4 Å². The summed E-state index contributed by atoms with van der Waals surface area (Å²) in [4.78, 5) is 4.63. The normalized spacial score (nSPS) is 20.4. The standard InChI is InChI=1S/C17H27FN2O2/c1-12(20(3)11-13-7-6-10-19(13)2)16-15(21-4)9-8-14(18)17(16)22-5/h8-9,12-13H,6-7,10-11H2,1-5H3. The first-order valence-electron chi connectivity index (χ1n) is 7.80. The predicted octanol–water partition coefficient (Wildman–Crippen LogP) is 2.93. The molecule has 0 aromatic heterocycles. The first kappa shape index (κ1) is 17.0. The summed E-state index contributed by atoms with van der Waals surface area (Å²) in [6, 6.07) is 3.62. The summed E-state index contributed by atoms with van der Waals surface area (Å²) in [6.45, 7) is 4.16. The minimum Gasteiger partial charge on any atom is -0.496 e. The summed E-state index contributed by atoms with van der Waals surface area (Å²) in [5, 5.41) is 0. The Hall–Kier alpha value is -1.33. The zero-order valence-corrected chi connectivity index (χ0v) is 14.2. The van der Waals surface area contributed by atoms with Crippen LogP contribution in [0.15, 0.2) is 12.1 Å². The highest BCUT2D eigenvalue weighted by atomic mass is 19.1. The number of ether oxygens (including phenoxy) is 2. The summed E-state index contributed by atoms with van der Waals surface area (Å²) >= 11 is 0. The molecule has 0 amide bonds. The Balaban J connectivity index is 2.23. The van der Waals surface area contributed by atoms with Crippen molar-refractivity contribution in [1.82, 2.24) is 9.80 Å². The van der Waals surface area contributed by atoms with Crippen LogP contribution in [0.5, 0.6) is 11.5 Å². The highest BCUT2D eigenvalue weighted by Gasteiger charge is 2.27. The molecular formula is C17H27FN2O2. The molecular weight excluding hydrogens is 283 g/mol. The van der Waals surface area contributed by atoms with Gasteiger partial charge in [-0.25, -0.2) is 4.39 Å². The summed E-state index contributed by atoms with van der Waals surface area (Å²) in [5.41, 5.74) is 0.771. The van der Waals surface area contributed by atoms with Crippen molar-refractivity contribution in [2.24, 2.45) is 0 Å². The number of likely N-dealkylation sites (N-methyl/N-ethyl adjacent to an activating group) is 2. The Labute approximate surface area is 132 Å². The molecule has 4 nitrogen and oxygen atoms in total. The van der Waals surface area contributed by atoms with Crippen molar-refractivity contribution in [2.45, 2.75) is 31.8 Å². The monoisotopic (exact) mass is 310 g/mol. The van der Waals surface area contributed by atoms with Gasteiger partial charge in [-0.3, -0.25) is 4.90 Å². The van der Waals surface area contributed by atoms with Crippen molar-refractivity contribution >= 4 is 0 Å². The van der Waals surface area contributed by atoms with Crippen LogP contribution in [-0.2, 0) is 0 Å². The van der Waals surface area contributed by atoms with Gasteiger partial charge >= 0.3 is 0 Å². The van der Waals surface area contributed by atoms with Gasteiger partial charge in [-0.05, 0) is 52.5 Å². The van der Waals surface area contributed by atoms with Crippen molar-refractivity contribution in [3.8, 4) is 11.5 Å². The molecule has 5 heteroatoms. The number of rotatable bonds is 6. The molecule has 1 aromatic carbocycles. The average Bonchev–Trinajstić information content (AvgIpc) is 2.91. The molecule has 2 unspecified atom stereocenters. The topological polar surface area (TPSA) is 24.9 Å². The summed E-state index contributed by atoms with van der Waals surface area (Å²) in [7, 11) is 7.34. The number of hydrogen-bond acceptors (Lipinski definition) is 4. The molecule has 1 fully saturated rings. The van der Waals surface area contributed by atoms with E-state index in [0.29, 0.717) is 11.8 Å². The molecule has 1 heterocycles.